The first-order valence-electron chi connectivity index (χ1n) is 5.73. The third-order valence-corrected chi connectivity index (χ3v) is 3.48. The molecule has 0 bridgehead atoms. The van der Waals surface area contributed by atoms with Crippen LogP contribution in [-0.4, -0.2) is 31.6 Å². The number of carbonyl (C=O) groups excluding carboxylic acids is 1. The van der Waals surface area contributed by atoms with Gasteiger partial charge < -0.3 is 9.64 Å². The maximum Gasteiger partial charge on any atom is 0.305 e. The van der Waals surface area contributed by atoms with E-state index in [4.69, 9.17) is 23.2 Å². The second-order valence-electron chi connectivity index (χ2n) is 4.13. The number of nitrogens with zero attached hydrogens (tertiary/aromatic N) is 1. The normalized spacial score (nSPS) is 10.7. The van der Waals surface area contributed by atoms with E-state index in [0.717, 1.165) is 18.5 Å². The van der Waals surface area contributed by atoms with Gasteiger partial charge in [0.25, 0.3) is 0 Å². The highest BCUT2D eigenvalue weighted by atomic mass is 35.5. The van der Waals surface area contributed by atoms with Crippen LogP contribution in [0.2, 0.25) is 10.0 Å². The Morgan fingerprint density at radius 1 is 1.39 bits per heavy atom. The first-order chi connectivity index (χ1) is 8.54. The topological polar surface area (TPSA) is 29.5 Å². The van der Waals surface area contributed by atoms with Crippen LogP contribution in [0, 0.1) is 0 Å². The van der Waals surface area contributed by atoms with E-state index in [1.165, 1.54) is 7.11 Å². The van der Waals surface area contributed by atoms with Gasteiger partial charge in [0.1, 0.15) is 0 Å². The minimum absolute atomic E-state index is 0.177. The first-order valence-corrected chi connectivity index (χ1v) is 6.48. The number of rotatable bonds is 6. The summed E-state index contributed by atoms with van der Waals surface area (Å²) in [7, 11) is 3.38. The molecule has 0 N–H and O–H groups in total. The molecule has 3 nitrogen and oxygen atoms in total. The highest BCUT2D eigenvalue weighted by Crippen LogP contribution is 2.26. The Labute approximate surface area is 118 Å². The first kappa shape index (κ1) is 15.3. The number of halogens is 2. The van der Waals surface area contributed by atoms with Crippen molar-refractivity contribution in [2.75, 3.05) is 20.7 Å². The molecular formula is C13H17Cl2NO2. The number of hydrogen-bond acceptors (Lipinski definition) is 3. The summed E-state index contributed by atoms with van der Waals surface area (Å²) in [5.41, 5.74) is 0.990. The van der Waals surface area contributed by atoms with Gasteiger partial charge >= 0.3 is 5.97 Å². The largest absolute Gasteiger partial charge is 0.469 e. The van der Waals surface area contributed by atoms with E-state index in [-0.39, 0.29) is 5.97 Å². The van der Waals surface area contributed by atoms with E-state index in [2.05, 4.69) is 9.64 Å². The van der Waals surface area contributed by atoms with Crippen LogP contribution in [0.15, 0.2) is 18.2 Å². The molecule has 0 saturated carbocycles. The van der Waals surface area contributed by atoms with Crippen LogP contribution < -0.4 is 0 Å². The molecule has 0 aliphatic heterocycles. The van der Waals surface area contributed by atoms with Crippen LogP contribution in [0.5, 0.6) is 0 Å². The summed E-state index contributed by atoms with van der Waals surface area (Å²) in [6.07, 6.45) is 1.20. The lowest BCUT2D eigenvalue weighted by Gasteiger charge is -2.17. The van der Waals surface area contributed by atoms with E-state index in [0.29, 0.717) is 23.0 Å². The third kappa shape index (κ3) is 4.84. The van der Waals surface area contributed by atoms with Gasteiger partial charge in [-0.25, -0.2) is 0 Å². The number of hydrogen-bond donors (Lipinski definition) is 0. The number of ether oxygens (including phenoxy) is 1. The molecule has 0 aromatic heterocycles. The van der Waals surface area contributed by atoms with Gasteiger partial charge in [0.15, 0.2) is 0 Å². The summed E-state index contributed by atoms with van der Waals surface area (Å²) < 4.78 is 4.59. The standard InChI is InChI=1S/C13H17Cl2NO2/c1-16(8-4-7-12(17)18-2)9-10-5-3-6-11(14)13(10)15/h3,5-6H,4,7-9H2,1-2H3. The molecule has 0 aliphatic carbocycles. The molecule has 1 rings (SSSR count). The average molecular weight is 290 g/mol. The molecule has 5 heteroatoms. The van der Waals surface area contributed by atoms with E-state index < -0.39 is 0 Å². The molecule has 0 unspecified atom stereocenters. The monoisotopic (exact) mass is 289 g/mol. The van der Waals surface area contributed by atoms with Crippen molar-refractivity contribution in [3.8, 4) is 0 Å². The number of esters is 1. The molecule has 1 aromatic rings. The molecule has 0 aliphatic rings. The summed E-state index contributed by atoms with van der Waals surface area (Å²) in [6, 6.07) is 5.60. The fourth-order valence-electron chi connectivity index (χ4n) is 1.64. The zero-order valence-electron chi connectivity index (χ0n) is 10.6. The zero-order chi connectivity index (χ0) is 13.5. The summed E-state index contributed by atoms with van der Waals surface area (Å²) in [5, 5.41) is 1.16. The summed E-state index contributed by atoms with van der Waals surface area (Å²) >= 11 is 12.1. The maximum absolute atomic E-state index is 11.0. The van der Waals surface area contributed by atoms with E-state index >= 15 is 0 Å². The Kier molecular flexibility index (Phi) is 6.47. The van der Waals surface area contributed by atoms with Crippen LogP contribution in [0.3, 0.4) is 0 Å². The number of methoxy groups -OCH3 is 1. The summed E-state index contributed by atoms with van der Waals surface area (Å²) in [5.74, 6) is -0.177. The summed E-state index contributed by atoms with van der Waals surface area (Å²) in [6.45, 7) is 1.51. The molecular weight excluding hydrogens is 273 g/mol. The van der Waals surface area contributed by atoms with Crippen molar-refractivity contribution in [2.24, 2.45) is 0 Å². The third-order valence-electron chi connectivity index (χ3n) is 2.62. The molecule has 100 valence electrons. The molecule has 0 atom stereocenters. The Morgan fingerprint density at radius 2 is 2.11 bits per heavy atom. The molecule has 0 spiro atoms. The number of carbonyl (C=O) groups is 1. The minimum Gasteiger partial charge on any atom is -0.469 e. The Bertz CT molecular complexity index is 410. The van der Waals surface area contributed by atoms with Crippen LogP contribution in [0.25, 0.3) is 0 Å². The van der Waals surface area contributed by atoms with Gasteiger partial charge in [-0.1, -0.05) is 35.3 Å². The van der Waals surface area contributed by atoms with Gasteiger partial charge in [-0.3, -0.25) is 4.79 Å². The predicted molar refractivity (Wildman–Crippen MR) is 74.0 cm³/mol. The van der Waals surface area contributed by atoms with Crippen molar-refractivity contribution in [2.45, 2.75) is 19.4 Å². The average Bonchev–Trinajstić information content (AvgIpc) is 2.34. The highest BCUT2D eigenvalue weighted by Gasteiger charge is 2.08. The molecule has 0 fully saturated rings. The summed E-state index contributed by atoms with van der Waals surface area (Å²) in [4.78, 5) is 13.1. The molecule has 0 heterocycles. The maximum atomic E-state index is 11.0. The Balaban J connectivity index is 2.42. The van der Waals surface area contributed by atoms with Crippen molar-refractivity contribution < 1.29 is 9.53 Å². The molecule has 0 amide bonds. The van der Waals surface area contributed by atoms with Gasteiger partial charge in [-0.2, -0.15) is 0 Å². The van der Waals surface area contributed by atoms with Crippen LogP contribution in [0.4, 0.5) is 0 Å². The van der Waals surface area contributed by atoms with Crippen LogP contribution in [-0.2, 0) is 16.1 Å². The van der Waals surface area contributed by atoms with E-state index in [1.807, 2.05) is 19.2 Å². The van der Waals surface area contributed by atoms with Crippen molar-refractivity contribution in [1.29, 1.82) is 0 Å². The van der Waals surface area contributed by atoms with Gasteiger partial charge in [-0.05, 0) is 31.6 Å². The smallest absolute Gasteiger partial charge is 0.305 e. The zero-order valence-corrected chi connectivity index (χ0v) is 12.1. The van der Waals surface area contributed by atoms with Crippen LogP contribution >= 0.6 is 23.2 Å². The fourth-order valence-corrected chi connectivity index (χ4v) is 2.02. The second-order valence-corrected chi connectivity index (χ2v) is 4.92. The molecule has 0 saturated heterocycles. The van der Waals surface area contributed by atoms with Crippen LogP contribution in [0.1, 0.15) is 18.4 Å². The van der Waals surface area contributed by atoms with Gasteiger partial charge in [0, 0.05) is 13.0 Å². The van der Waals surface area contributed by atoms with Crippen molar-refractivity contribution >= 4 is 29.2 Å². The molecule has 1 aromatic carbocycles. The second kappa shape index (κ2) is 7.62. The predicted octanol–water partition coefficient (Wildman–Crippen LogP) is 3.38. The Hall–Kier alpha value is -0.770. The Morgan fingerprint density at radius 3 is 2.78 bits per heavy atom. The van der Waals surface area contributed by atoms with Crippen molar-refractivity contribution in [3.05, 3.63) is 33.8 Å². The minimum atomic E-state index is -0.177. The lowest BCUT2D eigenvalue weighted by Crippen LogP contribution is -2.20. The van der Waals surface area contributed by atoms with E-state index in [9.17, 15) is 4.79 Å². The molecule has 18 heavy (non-hydrogen) atoms. The lowest BCUT2D eigenvalue weighted by molar-refractivity contribution is -0.140. The number of benzene rings is 1. The molecule has 0 radical (unpaired) electrons. The van der Waals surface area contributed by atoms with Crippen molar-refractivity contribution in [1.82, 2.24) is 4.90 Å². The lowest BCUT2D eigenvalue weighted by atomic mass is 10.2. The van der Waals surface area contributed by atoms with E-state index in [1.54, 1.807) is 6.07 Å². The fraction of sp³-hybridized carbons (Fsp3) is 0.462. The van der Waals surface area contributed by atoms with Crippen molar-refractivity contribution in [3.63, 3.8) is 0 Å². The quantitative estimate of drug-likeness (QED) is 0.752. The van der Waals surface area contributed by atoms with Gasteiger partial charge in [-0.15, -0.1) is 0 Å². The van der Waals surface area contributed by atoms with Gasteiger partial charge in [0.05, 0.1) is 17.2 Å². The SMILES string of the molecule is COC(=O)CCCN(C)Cc1cccc(Cl)c1Cl. The highest BCUT2D eigenvalue weighted by molar-refractivity contribution is 6.42. The van der Waals surface area contributed by atoms with Gasteiger partial charge in [0.2, 0.25) is 0 Å².